The Bertz CT molecular complexity index is 957. The lowest BCUT2D eigenvalue weighted by molar-refractivity contribution is -0.143. The summed E-state index contributed by atoms with van der Waals surface area (Å²) >= 11 is 0. The van der Waals surface area contributed by atoms with E-state index in [4.69, 9.17) is 10.8 Å². The first-order valence-electron chi connectivity index (χ1n) is 13.2. The SMILES string of the molecule is CC(C)C[C@H](NC(=O)[C@H](C)NC(=O)[C@H](CO)NC(=O)[C@H](C)NC(=O)[C@H](CC(=O)O)NC(=O)[C@@H](N)CC(C)C)C(=O)O. The number of carbonyl (C=O) groups is 7. The van der Waals surface area contributed by atoms with Crippen LogP contribution >= 0.6 is 0 Å². The molecule has 0 fully saturated rings. The van der Waals surface area contributed by atoms with Crippen molar-refractivity contribution in [2.24, 2.45) is 17.6 Å². The van der Waals surface area contributed by atoms with Gasteiger partial charge in [-0.2, -0.15) is 0 Å². The van der Waals surface area contributed by atoms with Gasteiger partial charge in [-0.25, -0.2) is 4.79 Å². The Morgan fingerprint density at radius 2 is 1.00 bits per heavy atom. The predicted molar refractivity (Wildman–Crippen MR) is 145 cm³/mol. The van der Waals surface area contributed by atoms with Gasteiger partial charge in [0.05, 0.1) is 19.1 Å². The minimum Gasteiger partial charge on any atom is -0.481 e. The molecule has 0 aromatic rings. The Morgan fingerprint density at radius 1 is 0.585 bits per heavy atom. The Labute approximate surface area is 238 Å². The average molecular weight is 589 g/mol. The molecule has 0 aromatic heterocycles. The predicted octanol–water partition coefficient (Wildman–Crippen LogP) is -2.58. The number of nitrogens with two attached hydrogens (primary N) is 1. The van der Waals surface area contributed by atoms with E-state index in [-0.39, 0.29) is 24.7 Å². The topological polar surface area (TPSA) is 266 Å². The van der Waals surface area contributed by atoms with Crippen LogP contribution in [0.25, 0.3) is 0 Å². The molecule has 0 aliphatic rings. The quantitative estimate of drug-likeness (QED) is 0.0802. The van der Waals surface area contributed by atoms with Gasteiger partial charge in [-0.15, -0.1) is 0 Å². The van der Waals surface area contributed by atoms with Gasteiger partial charge in [0.15, 0.2) is 0 Å². The molecule has 0 aromatic carbocycles. The maximum Gasteiger partial charge on any atom is 0.326 e. The molecule has 5 amide bonds. The van der Waals surface area contributed by atoms with Crippen molar-refractivity contribution in [1.82, 2.24) is 26.6 Å². The number of carbonyl (C=O) groups excluding carboxylic acids is 5. The van der Waals surface area contributed by atoms with Crippen LogP contribution in [0.2, 0.25) is 0 Å². The highest BCUT2D eigenvalue weighted by Gasteiger charge is 2.31. The zero-order valence-corrected chi connectivity index (χ0v) is 24.2. The van der Waals surface area contributed by atoms with Crippen molar-refractivity contribution in [3.8, 4) is 0 Å². The minimum atomic E-state index is -1.55. The Kier molecular flexibility index (Phi) is 16.2. The van der Waals surface area contributed by atoms with Crippen molar-refractivity contribution in [3.63, 3.8) is 0 Å². The van der Waals surface area contributed by atoms with Crippen LogP contribution in [0.3, 0.4) is 0 Å². The third-order valence-corrected chi connectivity index (χ3v) is 5.72. The molecule has 0 saturated carbocycles. The number of carboxylic acid groups (broad SMARTS) is 2. The maximum atomic E-state index is 12.7. The molecule has 0 saturated heterocycles. The largest absolute Gasteiger partial charge is 0.481 e. The van der Waals surface area contributed by atoms with Crippen molar-refractivity contribution in [2.45, 2.75) is 97.1 Å². The zero-order chi connectivity index (χ0) is 32.0. The van der Waals surface area contributed by atoms with Gasteiger partial charge in [-0.05, 0) is 38.5 Å². The minimum absolute atomic E-state index is 0.0316. The van der Waals surface area contributed by atoms with E-state index in [1.165, 1.54) is 13.8 Å². The van der Waals surface area contributed by atoms with Crippen LogP contribution in [0.5, 0.6) is 0 Å². The molecule has 0 rings (SSSR count). The Morgan fingerprint density at radius 3 is 1.39 bits per heavy atom. The highest BCUT2D eigenvalue weighted by atomic mass is 16.4. The summed E-state index contributed by atoms with van der Waals surface area (Å²) < 4.78 is 0. The van der Waals surface area contributed by atoms with E-state index in [1.807, 2.05) is 13.8 Å². The van der Waals surface area contributed by atoms with Crippen LogP contribution in [-0.2, 0) is 33.6 Å². The molecule has 0 aliphatic heterocycles. The van der Waals surface area contributed by atoms with Gasteiger partial charge < -0.3 is 47.6 Å². The summed E-state index contributed by atoms with van der Waals surface area (Å²) in [6.45, 7) is 8.82. The van der Waals surface area contributed by atoms with Crippen molar-refractivity contribution >= 4 is 41.5 Å². The van der Waals surface area contributed by atoms with Crippen LogP contribution in [0.4, 0.5) is 0 Å². The number of amides is 5. The second kappa shape index (κ2) is 17.8. The molecule has 234 valence electrons. The molecule has 16 heteroatoms. The molecule has 0 spiro atoms. The molecule has 10 N–H and O–H groups in total. The summed E-state index contributed by atoms with van der Waals surface area (Å²) in [4.78, 5) is 85.1. The van der Waals surface area contributed by atoms with Gasteiger partial charge in [-0.3, -0.25) is 28.8 Å². The van der Waals surface area contributed by atoms with E-state index in [0.29, 0.717) is 0 Å². The molecular weight excluding hydrogens is 544 g/mol. The summed E-state index contributed by atoms with van der Waals surface area (Å²) in [5.41, 5.74) is 5.79. The van der Waals surface area contributed by atoms with E-state index < -0.39 is 90.8 Å². The molecule has 41 heavy (non-hydrogen) atoms. The van der Waals surface area contributed by atoms with Crippen molar-refractivity contribution < 1.29 is 48.9 Å². The van der Waals surface area contributed by atoms with Gasteiger partial charge in [0.25, 0.3) is 0 Å². The van der Waals surface area contributed by atoms with E-state index >= 15 is 0 Å². The lowest BCUT2D eigenvalue weighted by atomic mass is 10.0. The second-order valence-corrected chi connectivity index (χ2v) is 10.6. The number of nitrogens with one attached hydrogen (secondary N) is 5. The summed E-state index contributed by atoms with van der Waals surface area (Å²) in [7, 11) is 0. The molecule has 0 bridgehead atoms. The third-order valence-electron chi connectivity index (χ3n) is 5.72. The van der Waals surface area contributed by atoms with Crippen LogP contribution < -0.4 is 32.3 Å². The Hall–Kier alpha value is -3.79. The first-order chi connectivity index (χ1) is 18.9. The molecule has 0 aliphatic carbocycles. The van der Waals surface area contributed by atoms with E-state index in [2.05, 4.69) is 26.6 Å². The first-order valence-corrected chi connectivity index (χ1v) is 13.2. The smallest absolute Gasteiger partial charge is 0.326 e. The lowest BCUT2D eigenvalue weighted by Gasteiger charge is -2.24. The third kappa shape index (κ3) is 14.4. The van der Waals surface area contributed by atoms with E-state index in [0.717, 1.165) is 0 Å². The monoisotopic (exact) mass is 588 g/mol. The summed E-state index contributed by atoms with van der Waals surface area (Å²) in [5, 5.41) is 39.3. The fraction of sp³-hybridized carbons (Fsp3) is 0.720. The fourth-order valence-corrected chi connectivity index (χ4v) is 3.52. The fourth-order valence-electron chi connectivity index (χ4n) is 3.52. The standard InChI is InChI=1S/C25H44N6O10/c1-11(2)7-15(26)22(37)29-16(9-19(33)34)23(38)27-14(6)21(36)31-18(10-32)24(39)28-13(5)20(35)30-17(25(40)41)8-12(3)4/h11-18,32H,7-10,26H2,1-6H3,(H,27,38)(H,28,39)(H,29,37)(H,30,35)(H,31,36)(H,33,34)(H,40,41)/t13-,14-,15-,16-,17-,18-/m0/s1. The van der Waals surface area contributed by atoms with Gasteiger partial charge >= 0.3 is 11.9 Å². The van der Waals surface area contributed by atoms with Crippen molar-refractivity contribution in [1.29, 1.82) is 0 Å². The van der Waals surface area contributed by atoms with Gasteiger partial charge in [0, 0.05) is 0 Å². The molecule has 16 nitrogen and oxygen atoms in total. The summed E-state index contributed by atoms with van der Waals surface area (Å²) in [5.74, 6) is -7.05. The van der Waals surface area contributed by atoms with Crippen LogP contribution in [0.15, 0.2) is 0 Å². The number of hydrogen-bond donors (Lipinski definition) is 9. The van der Waals surface area contributed by atoms with Crippen LogP contribution in [-0.4, -0.2) is 99.7 Å². The van der Waals surface area contributed by atoms with Gasteiger partial charge in [0.2, 0.25) is 29.5 Å². The lowest BCUT2D eigenvalue weighted by Crippen LogP contribution is -2.59. The van der Waals surface area contributed by atoms with Crippen molar-refractivity contribution in [3.05, 3.63) is 0 Å². The second-order valence-electron chi connectivity index (χ2n) is 10.6. The maximum absolute atomic E-state index is 12.7. The van der Waals surface area contributed by atoms with E-state index in [9.17, 15) is 43.8 Å². The average Bonchev–Trinajstić information content (AvgIpc) is 2.84. The highest BCUT2D eigenvalue weighted by Crippen LogP contribution is 2.06. The van der Waals surface area contributed by atoms with Gasteiger partial charge in [0.1, 0.15) is 30.2 Å². The zero-order valence-electron chi connectivity index (χ0n) is 24.2. The molecular formula is C25H44N6O10. The van der Waals surface area contributed by atoms with Crippen LogP contribution in [0, 0.1) is 11.8 Å². The number of aliphatic hydroxyl groups excluding tert-OH is 1. The van der Waals surface area contributed by atoms with Crippen LogP contribution in [0.1, 0.15) is 60.8 Å². The highest BCUT2D eigenvalue weighted by molar-refractivity contribution is 5.97. The van der Waals surface area contributed by atoms with Crippen molar-refractivity contribution in [2.75, 3.05) is 6.61 Å². The number of hydrogen-bond acceptors (Lipinski definition) is 9. The molecule has 0 radical (unpaired) electrons. The molecule has 0 heterocycles. The molecule has 0 unspecified atom stereocenters. The summed E-state index contributed by atoms with van der Waals surface area (Å²) in [6, 6.07) is -7.82. The normalized spacial score (nSPS) is 15.5. The van der Waals surface area contributed by atoms with E-state index in [1.54, 1.807) is 13.8 Å². The Balaban J connectivity index is 5.21. The number of aliphatic carboxylic acids is 2. The van der Waals surface area contributed by atoms with Gasteiger partial charge in [-0.1, -0.05) is 27.7 Å². The summed E-state index contributed by atoms with van der Waals surface area (Å²) in [6.07, 6.45) is -0.348. The molecule has 6 atom stereocenters. The number of rotatable bonds is 18. The first kappa shape index (κ1) is 37.2. The number of carboxylic acids is 2. The number of aliphatic hydroxyl groups is 1.